The summed E-state index contributed by atoms with van der Waals surface area (Å²) in [5.41, 5.74) is 0.207. The van der Waals surface area contributed by atoms with Crippen molar-refractivity contribution >= 4 is 27.6 Å². The van der Waals surface area contributed by atoms with Gasteiger partial charge in [-0.05, 0) is 48.5 Å². The molecule has 0 saturated heterocycles. The lowest BCUT2D eigenvalue weighted by atomic mass is 9.78. The Bertz CT molecular complexity index is 390. The molecular formula is C12H19BrN4. The minimum atomic E-state index is 0.207. The smallest absolute Gasteiger partial charge is 0.146 e. The zero-order chi connectivity index (χ0) is 12.3. The third kappa shape index (κ3) is 2.89. The minimum absolute atomic E-state index is 0.207. The predicted molar refractivity (Wildman–Crippen MR) is 74.4 cm³/mol. The molecule has 1 aromatic heterocycles. The van der Waals surface area contributed by atoms with Crippen molar-refractivity contribution in [1.82, 2.24) is 9.97 Å². The van der Waals surface area contributed by atoms with E-state index in [1.54, 1.807) is 6.33 Å². The molecule has 5 heteroatoms. The molecule has 0 amide bonds. The molecule has 94 valence electrons. The highest BCUT2D eigenvalue weighted by Crippen LogP contribution is 2.37. The number of nitrogens with zero attached hydrogens (tertiary/aromatic N) is 2. The predicted octanol–water partition coefficient (Wildman–Crippen LogP) is 3.42. The molecule has 1 aromatic rings. The van der Waals surface area contributed by atoms with E-state index in [-0.39, 0.29) is 5.54 Å². The van der Waals surface area contributed by atoms with Gasteiger partial charge in [0, 0.05) is 12.1 Å². The first-order chi connectivity index (χ1) is 8.14. The Morgan fingerprint density at radius 3 is 2.65 bits per heavy atom. The van der Waals surface area contributed by atoms with Crippen molar-refractivity contribution in [2.24, 2.45) is 0 Å². The number of rotatable bonds is 5. The van der Waals surface area contributed by atoms with Crippen molar-refractivity contribution in [1.29, 1.82) is 0 Å². The summed E-state index contributed by atoms with van der Waals surface area (Å²) in [6.45, 7) is 5.30. The van der Waals surface area contributed by atoms with Crippen LogP contribution in [0.5, 0.6) is 0 Å². The van der Waals surface area contributed by atoms with Gasteiger partial charge >= 0.3 is 0 Å². The summed E-state index contributed by atoms with van der Waals surface area (Å²) in [6, 6.07) is 0. The molecule has 2 rings (SSSR count). The van der Waals surface area contributed by atoms with Crippen LogP contribution in [-0.2, 0) is 0 Å². The van der Waals surface area contributed by atoms with Crippen LogP contribution in [0.1, 0.15) is 39.5 Å². The fourth-order valence-electron chi connectivity index (χ4n) is 1.94. The van der Waals surface area contributed by atoms with Gasteiger partial charge < -0.3 is 10.6 Å². The average Bonchev–Trinajstić information content (AvgIpc) is 2.28. The molecule has 1 saturated carbocycles. The maximum absolute atomic E-state index is 4.30. The van der Waals surface area contributed by atoms with Gasteiger partial charge in [0.15, 0.2) is 0 Å². The maximum atomic E-state index is 4.30. The van der Waals surface area contributed by atoms with Crippen LogP contribution < -0.4 is 10.6 Å². The van der Waals surface area contributed by atoms with Crippen LogP contribution in [0.15, 0.2) is 10.8 Å². The number of hydrogen-bond acceptors (Lipinski definition) is 4. The molecule has 1 fully saturated rings. The lowest BCUT2D eigenvalue weighted by Gasteiger charge is -2.39. The van der Waals surface area contributed by atoms with Crippen LogP contribution in [0.25, 0.3) is 0 Å². The normalized spacial score (nSPS) is 17.4. The molecule has 17 heavy (non-hydrogen) atoms. The van der Waals surface area contributed by atoms with Crippen molar-refractivity contribution < 1.29 is 0 Å². The number of anilines is 2. The first kappa shape index (κ1) is 12.6. The van der Waals surface area contributed by atoms with Gasteiger partial charge in [0.2, 0.25) is 0 Å². The second-order valence-electron chi connectivity index (χ2n) is 4.85. The second kappa shape index (κ2) is 5.21. The third-order valence-electron chi connectivity index (χ3n) is 3.21. The molecule has 4 nitrogen and oxygen atoms in total. The van der Waals surface area contributed by atoms with E-state index in [4.69, 9.17) is 0 Å². The van der Waals surface area contributed by atoms with E-state index in [1.165, 1.54) is 19.3 Å². The standard InChI is InChI=1S/C12H19BrN4/c1-3-7-14-10-9(13)11(16-8-15-10)17-12(2)5-4-6-12/h8H,3-7H2,1-2H3,(H2,14,15,16,17). The molecule has 0 aromatic carbocycles. The summed E-state index contributed by atoms with van der Waals surface area (Å²) in [6.07, 6.45) is 6.40. The third-order valence-corrected chi connectivity index (χ3v) is 3.96. The van der Waals surface area contributed by atoms with Gasteiger partial charge in [-0.3, -0.25) is 0 Å². The Hall–Kier alpha value is -0.840. The lowest BCUT2D eigenvalue weighted by molar-refractivity contribution is 0.305. The molecule has 0 spiro atoms. The highest BCUT2D eigenvalue weighted by molar-refractivity contribution is 9.10. The van der Waals surface area contributed by atoms with Gasteiger partial charge in [0.05, 0.1) is 0 Å². The zero-order valence-corrected chi connectivity index (χ0v) is 12.0. The largest absolute Gasteiger partial charge is 0.369 e. The Balaban J connectivity index is 2.11. The zero-order valence-electron chi connectivity index (χ0n) is 10.4. The molecule has 2 N–H and O–H groups in total. The van der Waals surface area contributed by atoms with Crippen LogP contribution in [0.2, 0.25) is 0 Å². The summed E-state index contributed by atoms with van der Waals surface area (Å²) in [4.78, 5) is 8.55. The van der Waals surface area contributed by atoms with E-state index < -0.39 is 0 Å². The minimum Gasteiger partial charge on any atom is -0.369 e. The van der Waals surface area contributed by atoms with Gasteiger partial charge in [0.1, 0.15) is 22.4 Å². The Kier molecular flexibility index (Phi) is 3.86. The topological polar surface area (TPSA) is 49.8 Å². The molecule has 0 aliphatic heterocycles. The Labute approximate surface area is 111 Å². The van der Waals surface area contributed by atoms with Crippen LogP contribution in [0.4, 0.5) is 11.6 Å². The summed E-state index contributed by atoms with van der Waals surface area (Å²) < 4.78 is 0.932. The molecule has 0 radical (unpaired) electrons. The monoisotopic (exact) mass is 298 g/mol. The SMILES string of the molecule is CCCNc1ncnc(NC2(C)CCC2)c1Br. The van der Waals surface area contributed by atoms with E-state index >= 15 is 0 Å². The first-order valence-electron chi connectivity index (χ1n) is 6.17. The molecule has 0 unspecified atom stereocenters. The van der Waals surface area contributed by atoms with Crippen molar-refractivity contribution in [3.05, 3.63) is 10.8 Å². The number of aromatic nitrogens is 2. The van der Waals surface area contributed by atoms with Crippen LogP contribution in [0.3, 0.4) is 0 Å². The molecule has 0 bridgehead atoms. The van der Waals surface area contributed by atoms with Crippen molar-refractivity contribution in [2.45, 2.75) is 45.1 Å². The van der Waals surface area contributed by atoms with E-state index in [0.717, 1.165) is 29.1 Å². The summed E-state index contributed by atoms with van der Waals surface area (Å²) >= 11 is 3.57. The Morgan fingerprint density at radius 2 is 2.06 bits per heavy atom. The molecule has 1 aliphatic carbocycles. The molecule has 1 heterocycles. The van der Waals surface area contributed by atoms with Gasteiger partial charge in [-0.15, -0.1) is 0 Å². The summed E-state index contributed by atoms with van der Waals surface area (Å²) in [7, 11) is 0. The first-order valence-corrected chi connectivity index (χ1v) is 6.96. The Morgan fingerprint density at radius 1 is 1.35 bits per heavy atom. The van der Waals surface area contributed by atoms with E-state index in [2.05, 4.69) is 50.4 Å². The number of halogens is 1. The number of nitrogens with one attached hydrogen (secondary N) is 2. The highest BCUT2D eigenvalue weighted by atomic mass is 79.9. The quantitative estimate of drug-likeness (QED) is 0.874. The molecule has 0 atom stereocenters. The summed E-state index contributed by atoms with van der Waals surface area (Å²) in [5.74, 6) is 1.76. The second-order valence-corrected chi connectivity index (χ2v) is 5.64. The van der Waals surface area contributed by atoms with Gasteiger partial charge in [-0.1, -0.05) is 6.92 Å². The molecule has 1 aliphatic rings. The van der Waals surface area contributed by atoms with E-state index in [1.807, 2.05) is 0 Å². The van der Waals surface area contributed by atoms with Gasteiger partial charge in [-0.25, -0.2) is 9.97 Å². The van der Waals surface area contributed by atoms with Crippen LogP contribution >= 0.6 is 15.9 Å². The maximum Gasteiger partial charge on any atom is 0.146 e. The summed E-state index contributed by atoms with van der Waals surface area (Å²) in [5, 5.41) is 6.79. The van der Waals surface area contributed by atoms with Crippen LogP contribution in [-0.4, -0.2) is 22.1 Å². The van der Waals surface area contributed by atoms with Crippen molar-refractivity contribution in [3.63, 3.8) is 0 Å². The van der Waals surface area contributed by atoms with Crippen molar-refractivity contribution in [3.8, 4) is 0 Å². The fraction of sp³-hybridized carbons (Fsp3) is 0.667. The van der Waals surface area contributed by atoms with Gasteiger partial charge in [-0.2, -0.15) is 0 Å². The average molecular weight is 299 g/mol. The fourth-order valence-corrected chi connectivity index (χ4v) is 2.39. The van der Waals surface area contributed by atoms with E-state index in [9.17, 15) is 0 Å². The number of hydrogen-bond donors (Lipinski definition) is 2. The highest BCUT2D eigenvalue weighted by Gasteiger charge is 2.32. The van der Waals surface area contributed by atoms with Crippen molar-refractivity contribution in [2.75, 3.05) is 17.2 Å². The lowest BCUT2D eigenvalue weighted by Crippen LogP contribution is -2.42. The molecular weight excluding hydrogens is 280 g/mol. The van der Waals surface area contributed by atoms with E-state index in [0.29, 0.717) is 0 Å². The van der Waals surface area contributed by atoms with Gasteiger partial charge in [0.25, 0.3) is 0 Å². The van der Waals surface area contributed by atoms with Crippen LogP contribution in [0, 0.1) is 0 Å².